The van der Waals surface area contributed by atoms with Crippen LogP contribution in [0.5, 0.6) is 5.75 Å². The lowest BCUT2D eigenvalue weighted by Crippen LogP contribution is -2.34. The molecular weight excluding hydrogens is 314 g/mol. The van der Waals surface area contributed by atoms with Crippen molar-refractivity contribution in [1.29, 1.82) is 0 Å². The van der Waals surface area contributed by atoms with Gasteiger partial charge in [0.25, 0.3) is 0 Å². The standard InChI is InChI=1S/C17H18BrNO/c1-11-8-9-12(10-14(11)18)19-16-13-6-4-5-7-15(13)20-17(16,2)3/h4-10,16,19H,1-3H3. The zero-order valence-electron chi connectivity index (χ0n) is 11.9. The number of anilines is 1. The molecule has 2 aromatic rings. The average Bonchev–Trinajstić information content (AvgIpc) is 2.65. The Kier molecular flexibility index (Phi) is 3.25. The molecule has 3 heteroatoms. The predicted octanol–water partition coefficient (Wildman–Crippen LogP) is 5.08. The van der Waals surface area contributed by atoms with E-state index in [4.69, 9.17) is 4.74 Å². The van der Waals surface area contributed by atoms with E-state index in [1.165, 1.54) is 11.1 Å². The van der Waals surface area contributed by atoms with Crippen LogP contribution in [-0.2, 0) is 0 Å². The highest BCUT2D eigenvalue weighted by Crippen LogP contribution is 2.44. The molecule has 0 bridgehead atoms. The van der Waals surface area contributed by atoms with Crippen LogP contribution >= 0.6 is 15.9 Å². The second-order valence-corrected chi connectivity index (χ2v) is 6.64. The zero-order chi connectivity index (χ0) is 14.3. The number of ether oxygens (including phenoxy) is 1. The maximum absolute atomic E-state index is 6.06. The van der Waals surface area contributed by atoms with E-state index < -0.39 is 0 Å². The number of fused-ring (bicyclic) bond motifs is 1. The second-order valence-electron chi connectivity index (χ2n) is 5.78. The average molecular weight is 332 g/mol. The smallest absolute Gasteiger partial charge is 0.128 e. The molecule has 1 heterocycles. The number of rotatable bonds is 2. The first-order valence-electron chi connectivity index (χ1n) is 6.78. The van der Waals surface area contributed by atoms with Crippen LogP contribution < -0.4 is 10.1 Å². The molecule has 0 aliphatic carbocycles. The van der Waals surface area contributed by atoms with Gasteiger partial charge in [-0.2, -0.15) is 0 Å². The normalized spacial score (nSPS) is 19.3. The Hall–Kier alpha value is -1.48. The van der Waals surface area contributed by atoms with Crippen molar-refractivity contribution < 1.29 is 4.74 Å². The van der Waals surface area contributed by atoms with Gasteiger partial charge in [-0.3, -0.25) is 0 Å². The molecule has 2 nitrogen and oxygen atoms in total. The molecule has 1 N–H and O–H groups in total. The summed E-state index contributed by atoms with van der Waals surface area (Å²) in [5, 5.41) is 3.60. The number of nitrogens with one attached hydrogen (secondary N) is 1. The van der Waals surface area contributed by atoms with Crippen molar-refractivity contribution in [3.05, 3.63) is 58.1 Å². The van der Waals surface area contributed by atoms with Crippen LogP contribution in [-0.4, -0.2) is 5.60 Å². The lowest BCUT2D eigenvalue weighted by atomic mass is 9.94. The minimum atomic E-state index is -0.263. The van der Waals surface area contributed by atoms with E-state index in [2.05, 4.69) is 72.3 Å². The van der Waals surface area contributed by atoms with Crippen molar-refractivity contribution >= 4 is 21.6 Å². The molecule has 1 unspecified atom stereocenters. The summed E-state index contributed by atoms with van der Waals surface area (Å²) in [7, 11) is 0. The van der Waals surface area contributed by atoms with Gasteiger partial charge in [0.2, 0.25) is 0 Å². The lowest BCUT2D eigenvalue weighted by Gasteiger charge is -2.28. The molecule has 0 spiro atoms. The highest BCUT2D eigenvalue weighted by Gasteiger charge is 2.40. The maximum Gasteiger partial charge on any atom is 0.128 e. The highest BCUT2D eigenvalue weighted by molar-refractivity contribution is 9.10. The quantitative estimate of drug-likeness (QED) is 0.828. The van der Waals surface area contributed by atoms with Crippen molar-refractivity contribution in [3.63, 3.8) is 0 Å². The summed E-state index contributed by atoms with van der Waals surface area (Å²) in [6.45, 7) is 6.33. The molecule has 0 aromatic heterocycles. The summed E-state index contributed by atoms with van der Waals surface area (Å²) in [6.07, 6.45) is 0. The highest BCUT2D eigenvalue weighted by atomic mass is 79.9. The first-order chi connectivity index (χ1) is 9.47. The fourth-order valence-electron chi connectivity index (χ4n) is 2.63. The predicted molar refractivity (Wildman–Crippen MR) is 86.4 cm³/mol. The summed E-state index contributed by atoms with van der Waals surface area (Å²) in [6, 6.07) is 14.7. The van der Waals surface area contributed by atoms with Gasteiger partial charge in [0.05, 0.1) is 6.04 Å². The van der Waals surface area contributed by atoms with Gasteiger partial charge in [-0.05, 0) is 44.5 Å². The summed E-state index contributed by atoms with van der Waals surface area (Å²) in [5.41, 5.74) is 3.29. The van der Waals surface area contributed by atoms with E-state index in [0.717, 1.165) is 15.9 Å². The Balaban J connectivity index is 1.94. The van der Waals surface area contributed by atoms with Crippen molar-refractivity contribution in [2.24, 2.45) is 0 Å². The third-order valence-electron chi connectivity index (χ3n) is 3.78. The van der Waals surface area contributed by atoms with Crippen molar-refractivity contribution in [1.82, 2.24) is 0 Å². The summed E-state index contributed by atoms with van der Waals surface area (Å²) in [5.74, 6) is 0.973. The van der Waals surface area contributed by atoms with Gasteiger partial charge in [-0.25, -0.2) is 0 Å². The lowest BCUT2D eigenvalue weighted by molar-refractivity contribution is 0.118. The van der Waals surface area contributed by atoms with Crippen LogP contribution in [0.2, 0.25) is 0 Å². The summed E-state index contributed by atoms with van der Waals surface area (Å²) < 4.78 is 7.18. The monoisotopic (exact) mass is 331 g/mol. The van der Waals surface area contributed by atoms with Gasteiger partial charge < -0.3 is 10.1 Å². The van der Waals surface area contributed by atoms with Gasteiger partial charge in [0.15, 0.2) is 0 Å². The van der Waals surface area contributed by atoms with E-state index in [1.807, 2.05) is 12.1 Å². The molecule has 0 radical (unpaired) electrons. The Labute approximate surface area is 128 Å². The Morgan fingerprint density at radius 2 is 1.90 bits per heavy atom. The van der Waals surface area contributed by atoms with Crippen molar-refractivity contribution in [3.8, 4) is 5.75 Å². The van der Waals surface area contributed by atoms with E-state index >= 15 is 0 Å². The van der Waals surface area contributed by atoms with E-state index in [-0.39, 0.29) is 11.6 Å². The van der Waals surface area contributed by atoms with Gasteiger partial charge in [0.1, 0.15) is 11.4 Å². The van der Waals surface area contributed by atoms with E-state index in [1.54, 1.807) is 0 Å². The van der Waals surface area contributed by atoms with Crippen molar-refractivity contribution in [2.75, 3.05) is 5.32 Å². The zero-order valence-corrected chi connectivity index (χ0v) is 13.5. The van der Waals surface area contributed by atoms with Crippen LogP contribution in [0.4, 0.5) is 5.69 Å². The van der Waals surface area contributed by atoms with E-state index in [9.17, 15) is 0 Å². The fourth-order valence-corrected chi connectivity index (χ4v) is 3.01. The summed E-state index contributed by atoms with van der Waals surface area (Å²) in [4.78, 5) is 0. The Morgan fingerprint density at radius 1 is 1.15 bits per heavy atom. The molecular formula is C17H18BrNO. The van der Waals surface area contributed by atoms with E-state index in [0.29, 0.717) is 0 Å². The molecule has 2 aromatic carbocycles. The minimum Gasteiger partial charge on any atom is -0.485 e. The van der Waals surface area contributed by atoms with Gasteiger partial charge in [0, 0.05) is 15.7 Å². The second kappa shape index (κ2) is 4.81. The number of aryl methyl sites for hydroxylation is 1. The molecule has 3 rings (SSSR count). The summed E-state index contributed by atoms with van der Waals surface area (Å²) >= 11 is 3.58. The number of halogens is 1. The van der Waals surface area contributed by atoms with Crippen LogP contribution in [0.1, 0.15) is 31.0 Å². The molecule has 104 valence electrons. The number of hydrogen-bond acceptors (Lipinski definition) is 2. The first-order valence-corrected chi connectivity index (χ1v) is 7.57. The molecule has 0 amide bonds. The molecule has 0 saturated carbocycles. The third kappa shape index (κ3) is 2.31. The largest absolute Gasteiger partial charge is 0.485 e. The Bertz CT molecular complexity index is 651. The van der Waals surface area contributed by atoms with Gasteiger partial charge in [-0.15, -0.1) is 0 Å². The molecule has 1 aliphatic heterocycles. The Morgan fingerprint density at radius 3 is 2.65 bits per heavy atom. The number of para-hydroxylation sites is 1. The SMILES string of the molecule is Cc1ccc(NC2c3ccccc3OC2(C)C)cc1Br. The van der Waals surface area contributed by atoms with Gasteiger partial charge in [-0.1, -0.05) is 40.2 Å². The molecule has 1 aliphatic rings. The maximum atomic E-state index is 6.06. The van der Waals surface area contributed by atoms with Gasteiger partial charge >= 0.3 is 0 Å². The van der Waals surface area contributed by atoms with Crippen LogP contribution in [0.3, 0.4) is 0 Å². The van der Waals surface area contributed by atoms with Crippen molar-refractivity contribution in [2.45, 2.75) is 32.4 Å². The topological polar surface area (TPSA) is 21.3 Å². The van der Waals surface area contributed by atoms with Crippen LogP contribution in [0.25, 0.3) is 0 Å². The first kappa shape index (κ1) is 13.5. The molecule has 0 saturated heterocycles. The third-order valence-corrected chi connectivity index (χ3v) is 4.64. The minimum absolute atomic E-state index is 0.147. The number of hydrogen-bond donors (Lipinski definition) is 1. The fraction of sp³-hybridized carbons (Fsp3) is 0.294. The molecule has 1 atom stereocenters. The molecule has 20 heavy (non-hydrogen) atoms. The van der Waals surface area contributed by atoms with Crippen LogP contribution in [0.15, 0.2) is 46.9 Å². The number of benzene rings is 2. The van der Waals surface area contributed by atoms with Crippen LogP contribution in [0, 0.1) is 6.92 Å². The molecule has 0 fully saturated rings.